The average molecular weight is 416 g/mol. The zero-order valence-electron chi connectivity index (χ0n) is 14.6. The predicted molar refractivity (Wildman–Crippen MR) is 107 cm³/mol. The van der Waals surface area contributed by atoms with Gasteiger partial charge in [-0.3, -0.25) is 9.69 Å². The number of carbonyl (C=O) groups excluding carboxylic acids is 2. The first-order valence-corrected chi connectivity index (χ1v) is 9.19. The van der Waals surface area contributed by atoms with Crippen LogP contribution in [0.3, 0.4) is 0 Å². The van der Waals surface area contributed by atoms with Crippen molar-refractivity contribution in [2.75, 3.05) is 18.6 Å². The van der Waals surface area contributed by atoms with Gasteiger partial charge in [0.15, 0.2) is 15.8 Å². The van der Waals surface area contributed by atoms with E-state index in [9.17, 15) is 19.8 Å². The van der Waals surface area contributed by atoms with Gasteiger partial charge in [0.1, 0.15) is 12.4 Å². The maximum atomic E-state index is 12.8. The number of hydrogen-bond acceptors (Lipinski definition) is 8. The van der Waals surface area contributed by atoms with Gasteiger partial charge >= 0.3 is 0 Å². The van der Waals surface area contributed by atoms with E-state index in [4.69, 9.17) is 21.7 Å². The summed E-state index contributed by atoms with van der Waals surface area (Å²) in [5.41, 5.74) is 1.13. The highest BCUT2D eigenvalue weighted by atomic mass is 32.2. The second kappa shape index (κ2) is 8.32. The number of methoxy groups -OCH3 is 1. The molecule has 28 heavy (non-hydrogen) atoms. The largest absolute Gasteiger partial charge is 0.546 e. The minimum absolute atomic E-state index is 0.0346. The third kappa shape index (κ3) is 4.26. The zero-order chi connectivity index (χ0) is 20.3. The highest BCUT2D eigenvalue weighted by Crippen LogP contribution is 2.37. The van der Waals surface area contributed by atoms with E-state index in [0.29, 0.717) is 26.2 Å². The molecule has 1 N–H and O–H groups in total. The number of rotatable bonds is 6. The van der Waals surface area contributed by atoms with Gasteiger partial charge in [0.05, 0.1) is 23.7 Å². The topological polar surface area (TPSA) is 99.1 Å². The zero-order valence-corrected chi connectivity index (χ0v) is 16.2. The molecular formula is C19H14NO6S2-. The van der Waals surface area contributed by atoms with Crippen LogP contribution in [0, 0.1) is 0 Å². The number of ether oxygens (including phenoxy) is 2. The number of carbonyl (C=O) groups is 2. The fourth-order valence-electron chi connectivity index (χ4n) is 2.50. The van der Waals surface area contributed by atoms with Crippen LogP contribution in [0.15, 0.2) is 47.4 Å². The number of benzene rings is 2. The summed E-state index contributed by atoms with van der Waals surface area (Å²) in [6.07, 6.45) is 1.65. The molecule has 0 saturated carbocycles. The number of amides is 1. The Hall–Kier alpha value is -3.04. The molecule has 0 unspecified atom stereocenters. The highest BCUT2D eigenvalue weighted by Gasteiger charge is 2.33. The molecule has 1 aliphatic heterocycles. The van der Waals surface area contributed by atoms with Gasteiger partial charge in [-0.25, -0.2) is 0 Å². The summed E-state index contributed by atoms with van der Waals surface area (Å²) in [5, 5.41) is 20.2. The Bertz CT molecular complexity index is 988. The lowest BCUT2D eigenvalue weighted by atomic mass is 10.2. The first-order chi connectivity index (χ1) is 13.4. The van der Waals surface area contributed by atoms with E-state index < -0.39 is 12.6 Å². The summed E-state index contributed by atoms with van der Waals surface area (Å²) < 4.78 is 10.7. The Labute approximate surface area is 170 Å². The Morgan fingerprint density at radius 1 is 1.29 bits per heavy atom. The number of phenolic OH excluding ortho intramolecular Hbond substituents is 1. The molecule has 1 saturated heterocycles. The van der Waals surface area contributed by atoms with Crippen molar-refractivity contribution in [1.29, 1.82) is 0 Å². The van der Waals surface area contributed by atoms with Crippen LogP contribution in [0.1, 0.15) is 5.56 Å². The molecule has 0 radical (unpaired) electrons. The van der Waals surface area contributed by atoms with Crippen molar-refractivity contribution in [1.82, 2.24) is 0 Å². The van der Waals surface area contributed by atoms with Crippen LogP contribution < -0.4 is 19.5 Å². The second-order valence-electron chi connectivity index (χ2n) is 5.61. The van der Waals surface area contributed by atoms with E-state index >= 15 is 0 Å². The van der Waals surface area contributed by atoms with Crippen LogP contribution in [0.4, 0.5) is 5.69 Å². The molecule has 0 aliphatic carbocycles. The molecule has 1 heterocycles. The highest BCUT2D eigenvalue weighted by molar-refractivity contribution is 8.27. The van der Waals surface area contributed by atoms with Gasteiger partial charge in [0.2, 0.25) is 0 Å². The third-order valence-corrected chi connectivity index (χ3v) is 5.01. The molecule has 3 rings (SSSR count). The van der Waals surface area contributed by atoms with Gasteiger partial charge in [-0.15, -0.1) is 0 Å². The minimum Gasteiger partial charge on any atom is -0.546 e. The van der Waals surface area contributed by atoms with Crippen molar-refractivity contribution >= 4 is 51.9 Å². The molecule has 1 aliphatic rings. The summed E-state index contributed by atoms with van der Waals surface area (Å²) in [5.74, 6) is -1.05. The van der Waals surface area contributed by atoms with Crippen molar-refractivity contribution in [3.63, 3.8) is 0 Å². The number of hydrogen-bond donors (Lipinski definition) is 1. The quantitative estimate of drug-likeness (QED) is 0.563. The fourth-order valence-corrected chi connectivity index (χ4v) is 3.80. The Morgan fingerprint density at radius 3 is 2.75 bits per heavy atom. The summed E-state index contributed by atoms with van der Waals surface area (Å²) in [6.45, 7) is -0.599. The van der Waals surface area contributed by atoms with E-state index in [2.05, 4.69) is 0 Å². The van der Waals surface area contributed by atoms with Gasteiger partial charge in [-0.1, -0.05) is 36.1 Å². The molecule has 144 valence electrons. The van der Waals surface area contributed by atoms with Crippen LogP contribution >= 0.6 is 24.0 Å². The minimum atomic E-state index is -1.35. The average Bonchev–Trinajstić information content (AvgIpc) is 2.93. The molecule has 9 heteroatoms. The van der Waals surface area contributed by atoms with Gasteiger partial charge in [0.25, 0.3) is 5.91 Å². The van der Waals surface area contributed by atoms with Crippen molar-refractivity contribution in [3.05, 3.63) is 52.9 Å². The standard InChI is InChI=1S/C19H15NO6S2/c1-25-15-7-11(5-6-14(15)26-10-17(22)23)8-16-18(24)20(19(27)28-16)12-3-2-4-13(21)9-12/h2-9,21H,10H2,1H3,(H,22,23)/p-1. The maximum Gasteiger partial charge on any atom is 0.270 e. The number of thiocarbonyl (C=S) groups is 1. The molecule has 1 fully saturated rings. The van der Waals surface area contributed by atoms with E-state index in [1.165, 1.54) is 24.1 Å². The molecule has 7 nitrogen and oxygen atoms in total. The molecule has 0 spiro atoms. The van der Waals surface area contributed by atoms with Crippen LogP contribution in [0.25, 0.3) is 6.08 Å². The molecular weight excluding hydrogens is 402 g/mol. The lowest BCUT2D eigenvalue weighted by Crippen LogP contribution is -2.29. The third-order valence-electron chi connectivity index (χ3n) is 3.71. The first kappa shape index (κ1) is 19.7. The molecule has 1 amide bonds. The van der Waals surface area contributed by atoms with Gasteiger partial charge < -0.3 is 24.5 Å². The number of carboxylic acid groups (broad SMARTS) is 1. The van der Waals surface area contributed by atoms with E-state index in [1.54, 1.807) is 36.4 Å². The lowest BCUT2D eigenvalue weighted by Gasteiger charge is -2.14. The van der Waals surface area contributed by atoms with E-state index in [1.807, 2.05) is 0 Å². The molecule has 0 atom stereocenters. The Morgan fingerprint density at radius 2 is 2.07 bits per heavy atom. The monoisotopic (exact) mass is 416 g/mol. The number of nitrogens with zero attached hydrogens (tertiary/aromatic N) is 1. The predicted octanol–water partition coefficient (Wildman–Crippen LogP) is 1.94. The second-order valence-corrected chi connectivity index (χ2v) is 7.28. The van der Waals surface area contributed by atoms with Crippen molar-refractivity contribution in [2.24, 2.45) is 0 Å². The van der Waals surface area contributed by atoms with Gasteiger partial charge in [0, 0.05) is 6.07 Å². The smallest absolute Gasteiger partial charge is 0.270 e. The Kier molecular flexibility index (Phi) is 5.86. The number of aromatic hydroxyl groups is 1. The van der Waals surface area contributed by atoms with Gasteiger partial charge in [-0.05, 0) is 35.9 Å². The summed E-state index contributed by atoms with van der Waals surface area (Å²) >= 11 is 6.44. The normalized spacial score (nSPS) is 15.2. The number of aliphatic carboxylic acids is 1. The Balaban J connectivity index is 1.86. The van der Waals surface area contributed by atoms with Crippen LogP contribution in [-0.2, 0) is 9.59 Å². The van der Waals surface area contributed by atoms with Crippen molar-refractivity contribution < 1.29 is 29.3 Å². The van der Waals surface area contributed by atoms with Crippen LogP contribution in [-0.4, -0.2) is 35.0 Å². The molecule has 2 aromatic carbocycles. The molecule has 2 aromatic rings. The number of anilines is 1. The fraction of sp³-hybridized carbons (Fsp3) is 0.105. The summed E-state index contributed by atoms with van der Waals surface area (Å²) in [6, 6.07) is 11.1. The van der Waals surface area contributed by atoms with E-state index in [0.717, 1.165) is 11.8 Å². The van der Waals surface area contributed by atoms with E-state index in [-0.39, 0.29) is 17.4 Å². The number of phenols is 1. The number of carboxylic acids is 1. The maximum absolute atomic E-state index is 12.8. The van der Waals surface area contributed by atoms with Crippen LogP contribution in [0.5, 0.6) is 17.2 Å². The van der Waals surface area contributed by atoms with Crippen LogP contribution in [0.2, 0.25) is 0 Å². The molecule has 0 aromatic heterocycles. The first-order valence-electron chi connectivity index (χ1n) is 7.96. The van der Waals surface area contributed by atoms with Gasteiger partial charge in [-0.2, -0.15) is 0 Å². The molecule has 0 bridgehead atoms. The summed E-state index contributed by atoms with van der Waals surface area (Å²) in [4.78, 5) is 25.1. The SMILES string of the molecule is COc1cc(C=C2SC(=S)N(c3cccc(O)c3)C2=O)ccc1OCC(=O)[O-]. The van der Waals surface area contributed by atoms with Crippen molar-refractivity contribution in [3.8, 4) is 17.2 Å². The summed E-state index contributed by atoms with van der Waals surface area (Å²) in [7, 11) is 1.42. The lowest BCUT2D eigenvalue weighted by molar-refractivity contribution is -0.307. The number of thioether (sulfide) groups is 1. The van der Waals surface area contributed by atoms with Crippen molar-refractivity contribution in [2.45, 2.75) is 0 Å².